The second-order valence-corrected chi connectivity index (χ2v) is 3.99. The molecule has 0 saturated carbocycles. The lowest BCUT2D eigenvalue weighted by Gasteiger charge is -2.28. The van der Waals surface area contributed by atoms with Gasteiger partial charge < -0.3 is 9.47 Å². The molecule has 0 bridgehead atoms. The quantitative estimate of drug-likeness (QED) is 0.451. The van der Waals surface area contributed by atoms with Crippen LogP contribution in [0.2, 0.25) is 0 Å². The maximum Gasteiger partial charge on any atom is 0.0645 e. The van der Waals surface area contributed by atoms with Crippen molar-refractivity contribution in [3.63, 3.8) is 0 Å². The second-order valence-electron chi connectivity index (χ2n) is 3.99. The van der Waals surface area contributed by atoms with E-state index in [1.807, 2.05) is 0 Å². The van der Waals surface area contributed by atoms with E-state index >= 15 is 0 Å². The number of ether oxygens (including phenoxy) is 2. The summed E-state index contributed by atoms with van der Waals surface area (Å²) in [5, 5.41) is 0. The molecule has 0 spiro atoms. The van der Waals surface area contributed by atoms with Gasteiger partial charge in [-0.3, -0.25) is 0 Å². The van der Waals surface area contributed by atoms with Crippen molar-refractivity contribution in [2.24, 2.45) is 5.41 Å². The minimum Gasteiger partial charge on any atom is -0.377 e. The molecule has 0 fully saturated rings. The number of hydrogen-bond donors (Lipinski definition) is 0. The Kier molecular flexibility index (Phi) is 5.37. The Morgan fingerprint density at radius 3 is 1.87 bits per heavy atom. The molecule has 0 amide bonds. The zero-order valence-corrected chi connectivity index (χ0v) is 9.28. The summed E-state index contributed by atoms with van der Waals surface area (Å²) in [4.78, 5) is 0. The highest BCUT2D eigenvalue weighted by Crippen LogP contribution is 2.33. The van der Waals surface area contributed by atoms with Crippen LogP contribution in [0, 0.1) is 5.41 Å². The Labute approximate surface area is 92.3 Å². The van der Waals surface area contributed by atoms with Crippen LogP contribution in [0.3, 0.4) is 0 Å². The summed E-state index contributed by atoms with van der Waals surface area (Å²) in [5.74, 6) is 0. The van der Waals surface area contributed by atoms with Crippen LogP contribution in [0.1, 0.15) is 12.8 Å². The van der Waals surface area contributed by atoms with Gasteiger partial charge in [-0.15, -0.1) is 13.2 Å². The third-order valence-corrected chi connectivity index (χ3v) is 2.56. The molecule has 0 radical (unpaired) electrons. The maximum absolute atomic E-state index is 5.54. The van der Waals surface area contributed by atoms with E-state index in [4.69, 9.17) is 9.47 Å². The fourth-order valence-corrected chi connectivity index (χ4v) is 1.74. The molecule has 0 unspecified atom stereocenters. The van der Waals surface area contributed by atoms with Crippen LogP contribution in [0.15, 0.2) is 37.5 Å². The molecule has 0 heterocycles. The molecule has 1 rings (SSSR count). The zero-order chi connectivity index (χ0) is 11.0. The number of rotatable bonds is 8. The van der Waals surface area contributed by atoms with Gasteiger partial charge in [-0.05, 0) is 12.8 Å². The van der Waals surface area contributed by atoms with Crippen LogP contribution in [0.5, 0.6) is 0 Å². The van der Waals surface area contributed by atoms with Crippen molar-refractivity contribution in [1.29, 1.82) is 0 Å². The van der Waals surface area contributed by atoms with Gasteiger partial charge in [0.05, 0.1) is 26.4 Å². The molecule has 0 aromatic carbocycles. The van der Waals surface area contributed by atoms with Crippen LogP contribution in [-0.4, -0.2) is 26.4 Å². The van der Waals surface area contributed by atoms with Gasteiger partial charge in [0.25, 0.3) is 0 Å². The summed E-state index contributed by atoms with van der Waals surface area (Å²) in [6, 6.07) is 0. The van der Waals surface area contributed by atoms with E-state index in [-0.39, 0.29) is 5.41 Å². The molecule has 1 aliphatic carbocycles. The summed E-state index contributed by atoms with van der Waals surface area (Å²) in [7, 11) is 0. The van der Waals surface area contributed by atoms with Crippen molar-refractivity contribution in [1.82, 2.24) is 0 Å². The van der Waals surface area contributed by atoms with Gasteiger partial charge in [0, 0.05) is 5.41 Å². The highest BCUT2D eigenvalue weighted by atomic mass is 16.5. The fraction of sp³-hybridized carbons (Fsp3) is 0.538. The first kappa shape index (κ1) is 12.2. The summed E-state index contributed by atoms with van der Waals surface area (Å²) >= 11 is 0. The molecule has 2 heteroatoms. The van der Waals surface area contributed by atoms with E-state index in [9.17, 15) is 0 Å². The van der Waals surface area contributed by atoms with Crippen LogP contribution in [0.4, 0.5) is 0 Å². The Morgan fingerprint density at radius 2 is 1.47 bits per heavy atom. The van der Waals surface area contributed by atoms with Crippen LogP contribution in [-0.2, 0) is 9.47 Å². The lowest BCUT2D eigenvalue weighted by molar-refractivity contribution is -0.00162. The Morgan fingerprint density at radius 1 is 1.00 bits per heavy atom. The highest BCUT2D eigenvalue weighted by Gasteiger charge is 2.31. The predicted molar refractivity (Wildman–Crippen MR) is 62.8 cm³/mol. The molecule has 0 aromatic heterocycles. The molecule has 0 aromatic rings. The summed E-state index contributed by atoms with van der Waals surface area (Å²) in [5.41, 5.74) is 0.145. The van der Waals surface area contributed by atoms with Crippen LogP contribution in [0.25, 0.3) is 0 Å². The highest BCUT2D eigenvalue weighted by molar-refractivity contribution is 5.03. The van der Waals surface area contributed by atoms with E-state index in [0.29, 0.717) is 13.2 Å². The third kappa shape index (κ3) is 4.02. The largest absolute Gasteiger partial charge is 0.377 e. The number of hydrogen-bond acceptors (Lipinski definition) is 2. The zero-order valence-electron chi connectivity index (χ0n) is 9.28. The van der Waals surface area contributed by atoms with Crippen molar-refractivity contribution >= 4 is 0 Å². The van der Waals surface area contributed by atoms with Gasteiger partial charge >= 0.3 is 0 Å². The normalized spacial score (nSPS) is 17.9. The van der Waals surface area contributed by atoms with E-state index in [2.05, 4.69) is 25.3 Å². The van der Waals surface area contributed by atoms with Crippen LogP contribution < -0.4 is 0 Å². The van der Waals surface area contributed by atoms with Gasteiger partial charge in [-0.2, -0.15) is 0 Å². The maximum atomic E-state index is 5.54. The second kappa shape index (κ2) is 6.59. The molecule has 1 aliphatic rings. The van der Waals surface area contributed by atoms with Gasteiger partial charge in [-0.25, -0.2) is 0 Å². The van der Waals surface area contributed by atoms with Crippen LogP contribution >= 0.6 is 0 Å². The molecule has 84 valence electrons. The Hall–Kier alpha value is -0.860. The summed E-state index contributed by atoms with van der Waals surface area (Å²) in [6.07, 6.45) is 10.0. The molecule has 2 nitrogen and oxygen atoms in total. The van der Waals surface area contributed by atoms with E-state index < -0.39 is 0 Å². The molecule has 0 aliphatic heterocycles. The topological polar surface area (TPSA) is 18.5 Å². The Balaban J connectivity index is 2.32. The van der Waals surface area contributed by atoms with Gasteiger partial charge in [0.1, 0.15) is 0 Å². The SMILES string of the molecule is C=CCOCC1(COCC=C)CC=CC1. The van der Waals surface area contributed by atoms with E-state index in [1.165, 1.54) is 0 Å². The minimum absolute atomic E-state index is 0.145. The van der Waals surface area contributed by atoms with Gasteiger partial charge in [0.2, 0.25) is 0 Å². The molecule has 0 N–H and O–H groups in total. The summed E-state index contributed by atoms with van der Waals surface area (Å²) in [6.45, 7) is 9.98. The molecular weight excluding hydrogens is 188 g/mol. The lowest BCUT2D eigenvalue weighted by Crippen LogP contribution is -2.30. The van der Waals surface area contributed by atoms with E-state index in [0.717, 1.165) is 26.1 Å². The van der Waals surface area contributed by atoms with Gasteiger partial charge in [0.15, 0.2) is 0 Å². The van der Waals surface area contributed by atoms with Crippen molar-refractivity contribution < 1.29 is 9.47 Å². The van der Waals surface area contributed by atoms with E-state index in [1.54, 1.807) is 12.2 Å². The van der Waals surface area contributed by atoms with Crippen molar-refractivity contribution in [3.8, 4) is 0 Å². The standard InChI is InChI=1S/C13H20O2/c1-3-9-14-11-13(7-5-6-8-13)12-15-10-4-2/h3-6H,1-2,7-12H2. The molecule has 0 saturated heterocycles. The third-order valence-electron chi connectivity index (χ3n) is 2.56. The van der Waals surface area contributed by atoms with Crippen molar-refractivity contribution in [3.05, 3.63) is 37.5 Å². The predicted octanol–water partition coefficient (Wildman–Crippen LogP) is 2.73. The first-order valence-electron chi connectivity index (χ1n) is 5.35. The van der Waals surface area contributed by atoms with Crippen molar-refractivity contribution in [2.75, 3.05) is 26.4 Å². The smallest absolute Gasteiger partial charge is 0.0645 e. The Bertz CT molecular complexity index is 207. The molecule has 0 atom stereocenters. The monoisotopic (exact) mass is 208 g/mol. The first-order chi connectivity index (χ1) is 7.33. The van der Waals surface area contributed by atoms with Gasteiger partial charge in [-0.1, -0.05) is 24.3 Å². The fourth-order valence-electron chi connectivity index (χ4n) is 1.74. The average molecular weight is 208 g/mol. The molecular formula is C13H20O2. The average Bonchev–Trinajstić information content (AvgIpc) is 2.68. The first-order valence-corrected chi connectivity index (χ1v) is 5.35. The number of allylic oxidation sites excluding steroid dienone is 2. The summed E-state index contributed by atoms with van der Waals surface area (Å²) < 4.78 is 11.1. The lowest BCUT2D eigenvalue weighted by atomic mass is 9.87. The van der Waals surface area contributed by atoms with Crippen molar-refractivity contribution in [2.45, 2.75) is 12.8 Å². The minimum atomic E-state index is 0.145. The molecule has 15 heavy (non-hydrogen) atoms.